The summed E-state index contributed by atoms with van der Waals surface area (Å²) < 4.78 is 13.1. The van der Waals surface area contributed by atoms with Crippen LogP contribution in [0.1, 0.15) is 25.3 Å². The lowest BCUT2D eigenvalue weighted by molar-refractivity contribution is 0.268. The van der Waals surface area contributed by atoms with E-state index in [-0.39, 0.29) is 5.82 Å². The summed E-state index contributed by atoms with van der Waals surface area (Å²) in [5, 5.41) is 0. The molecule has 0 aromatic heterocycles. The summed E-state index contributed by atoms with van der Waals surface area (Å²) in [5.74, 6) is 0.654. The van der Waals surface area contributed by atoms with Crippen molar-refractivity contribution >= 4 is 5.69 Å². The molecule has 1 aliphatic carbocycles. The van der Waals surface area contributed by atoms with Crippen molar-refractivity contribution in [1.29, 1.82) is 0 Å². The molecule has 0 aliphatic heterocycles. The van der Waals surface area contributed by atoms with Gasteiger partial charge in [0, 0.05) is 18.8 Å². The third kappa shape index (κ3) is 2.95. The topological polar surface area (TPSA) is 29.3 Å². The van der Waals surface area contributed by atoms with E-state index in [0.717, 1.165) is 31.1 Å². The Morgan fingerprint density at radius 1 is 1.44 bits per heavy atom. The summed E-state index contributed by atoms with van der Waals surface area (Å²) in [6.07, 6.45) is 2.68. The molecule has 0 spiro atoms. The van der Waals surface area contributed by atoms with Gasteiger partial charge in [0.15, 0.2) is 0 Å². The van der Waals surface area contributed by atoms with Crippen molar-refractivity contribution < 1.29 is 4.39 Å². The van der Waals surface area contributed by atoms with Gasteiger partial charge in [-0.1, -0.05) is 6.92 Å². The van der Waals surface area contributed by atoms with Crippen LogP contribution in [0.15, 0.2) is 18.2 Å². The van der Waals surface area contributed by atoms with Crippen LogP contribution >= 0.6 is 0 Å². The Labute approximate surface area is 96.2 Å². The molecule has 3 heteroatoms. The summed E-state index contributed by atoms with van der Waals surface area (Å²) in [6.45, 7) is 5.01. The molecule has 0 saturated heterocycles. The second kappa shape index (κ2) is 4.83. The first-order valence-corrected chi connectivity index (χ1v) is 5.95. The van der Waals surface area contributed by atoms with E-state index in [2.05, 4.69) is 11.8 Å². The zero-order chi connectivity index (χ0) is 11.5. The molecule has 88 valence electrons. The van der Waals surface area contributed by atoms with Crippen LogP contribution in [0.25, 0.3) is 0 Å². The largest absolute Gasteiger partial charge is 0.398 e. The van der Waals surface area contributed by atoms with E-state index in [1.807, 2.05) is 0 Å². The third-order valence-electron chi connectivity index (χ3n) is 3.16. The lowest BCUT2D eigenvalue weighted by Crippen LogP contribution is -2.25. The highest BCUT2D eigenvalue weighted by Crippen LogP contribution is 2.30. The fourth-order valence-electron chi connectivity index (χ4n) is 1.92. The quantitative estimate of drug-likeness (QED) is 0.776. The zero-order valence-corrected chi connectivity index (χ0v) is 9.75. The molecule has 16 heavy (non-hydrogen) atoms. The van der Waals surface area contributed by atoms with E-state index in [1.54, 1.807) is 12.1 Å². The van der Waals surface area contributed by atoms with E-state index in [9.17, 15) is 4.39 Å². The van der Waals surface area contributed by atoms with E-state index in [4.69, 9.17) is 5.73 Å². The standard InChI is InChI=1S/C13H19FN2/c1-2-16(8-10-3-4-10)9-11-7-12(14)5-6-13(11)15/h5-7,10H,2-4,8-9,15H2,1H3. The van der Waals surface area contributed by atoms with Crippen LogP contribution in [0.4, 0.5) is 10.1 Å². The maximum absolute atomic E-state index is 13.1. The van der Waals surface area contributed by atoms with Gasteiger partial charge in [0.2, 0.25) is 0 Å². The van der Waals surface area contributed by atoms with Gasteiger partial charge >= 0.3 is 0 Å². The van der Waals surface area contributed by atoms with Gasteiger partial charge in [-0.15, -0.1) is 0 Å². The molecule has 0 unspecified atom stereocenters. The van der Waals surface area contributed by atoms with E-state index >= 15 is 0 Å². The number of halogens is 1. The van der Waals surface area contributed by atoms with Gasteiger partial charge in [-0.25, -0.2) is 4.39 Å². The minimum atomic E-state index is -0.202. The Bertz CT molecular complexity index is 361. The fraction of sp³-hybridized carbons (Fsp3) is 0.538. The van der Waals surface area contributed by atoms with E-state index in [1.165, 1.54) is 18.9 Å². The average Bonchev–Trinajstić information content (AvgIpc) is 3.06. The lowest BCUT2D eigenvalue weighted by Gasteiger charge is -2.21. The molecule has 2 N–H and O–H groups in total. The smallest absolute Gasteiger partial charge is 0.123 e. The predicted octanol–water partition coefficient (Wildman–Crippen LogP) is 2.64. The second-order valence-electron chi connectivity index (χ2n) is 4.61. The normalized spacial score (nSPS) is 15.7. The van der Waals surface area contributed by atoms with Gasteiger partial charge in [0.1, 0.15) is 5.82 Å². The van der Waals surface area contributed by atoms with Gasteiger partial charge in [-0.2, -0.15) is 0 Å². The number of nitrogens with zero attached hydrogens (tertiary/aromatic N) is 1. The molecule has 0 amide bonds. The molecule has 1 aliphatic rings. The van der Waals surface area contributed by atoms with Gasteiger partial charge in [-0.3, -0.25) is 4.90 Å². The van der Waals surface area contributed by atoms with Crippen molar-refractivity contribution in [3.05, 3.63) is 29.6 Å². The van der Waals surface area contributed by atoms with E-state index in [0.29, 0.717) is 5.69 Å². The number of hydrogen-bond acceptors (Lipinski definition) is 2. The Morgan fingerprint density at radius 3 is 2.81 bits per heavy atom. The summed E-state index contributed by atoms with van der Waals surface area (Å²) in [5.41, 5.74) is 7.44. The molecule has 1 aromatic rings. The highest BCUT2D eigenvalue weighted by atomic mass is 19.1. The van der Waals surface area contributed by atoms with Crippen molar-refractivity contribution in [2.45, 2.75) is 26.3 Å². The highest BCUT2D eigenvalue weighted by molar-refractivity contribution is 5.46. The summed E-state index contributed by atoms with van der Waals surface area (Å²) in [6, 6.07) is 4.61. The highest BCUT2D eigenvalue weighted by Gasteiger charge is 2.23. The molecule has 1 fully saturated rings. The molecule has 0 radical (unpaired) electrons. The molecular formula is C13H19FN2. The molecular weight excluding hydrogens is 203 g/mol. The number of hydrogen-bond donors (Lipinski definition) is 1. The molecule has 2 nitrogen and oxygen atoms in total. The molecule has 2 rings (SSSR count). The maximum Gasteiger partial charge on any atom is 0.123 e. The first kappa shape index (κ1) is 11.4. The average molecular weight is 222 g/mol. The van der Waals surface area contributed by atoms with Crippen molar-refractivity contribution in [3.63, 3.8) is 0 Å². The zero-order valence-electron chi connectivity index (χ0n) is 9.75. The Morgan fingerprint density at radius 2 is 2.19 bits per heavy atom. The van der Waals surface area contributed by atoms with E-state index < -0.39 is 0 Å². The van der Waals surface area contributed by atoms with Crippen LogP contribution in [-0.4, -0.2) is 18.0 Å². The summed E-state index contributed by atoms with van der Waals surface area (Å²) in [7, 11) is 0. The molecule has 0 bridgehead atoms. The number of benzene rings is 1. The van der Waals surface area contributed by atoms with Crippen LogP contribution in [0.5, 0.6) is 0 Å². The van der Waals surface area contributed by atoms with Gasteiger partial charge in [0.05, 0.1) is 0 Å². The van der Waals surface area contributed by atoms with Crippen LogP contribution in [0, 0.1) is 11.7 Å². The molecule has 0 atom stereocenters. The van der Waals surface area contributed by atoms with Crippen LogP contribution < -0.4 is 5.73 Å². The minimum Gasteiger partial charge on any atom is -0.398 e. The molecule has 0 heterocycles. The van der Waals surface area contributed by atoms with Crippen molar-refractivity contribution in [3.8, 4) is 0 Å². The predicted molar refractivity (Wildman–Crippen MR) is 64.5 cm³/mol. The van der Waals surface area contributed by atoms with Gasteiger partial charge in [0.25, 0.3) is 0 Å². The third-order valence-corrected chi connectivity index (χ3v) is 3.16. The first-order valence-electron chi connectivity index (χ1n) is 5.95. The molecule has 1 saturated carbocycles. The minimum absolute atomic E-state index is 0.202. The first-order chi connectivity index (χ1) is 7.69. The van der Waals surface area contributed by atoms with Crippen LogP contribution in [0.2, 0.25) is 0 Å². The number of rotatable bonds is 5. The Balaban J connectivity index is 2.01. The van der Waals surface area contributed by atoms with Crippen LogP contribution in [0.3, 0.4) is 0 Å². The maximum atomic E-state index is 13.1. The van der Waals surface area contributed by atoms with Crippen molar-refractivity contribution in [2.75, 3.05) is 18.8 Å². The number of nitrogens with two attached hydrogens (primary N) is 1. The second-order valence-corrected chi connectivity index (χ2v) is 4.61. The summed E-state index contributed by atoms with van der Waals surface area (Å²) in [4.78, 5) is 2.34. The molecule has 1 aromatic carbocycles. The Kier molecular flexibility index (Phi) is 3.44. The van der Waals surface area contributed by atoms with Crippen LogP contribution in [-0.2, 0) is 6.54 Å². The Hall–Kier alpha value is -1.09. The van der Waals surface area contributed by atoms with Gasteiger partial charge < -0.3 is 5.73 Å². The number of nitrogen functional groups attached to an aromatic ring is 1. The van der Waals surface area contributed by atoms with Crippen molar-refractivity contribution in [2.24, 2.45) is 5.92 Å². The fourth-order valence-corrected chi connectivity index (χ4v) is 1.92. The van der Waals surface area contributed by atoms with Gasteiger partial charge in [-0.05, 0) is 49.1 Å². The SMILES string of the molecule is CCN(Cc1cc(F)ccc1N)CC1CC1. The monoisotopic (exact) mass is 222 g/mol. The van der Waals surface area contributed by atoms with Crippen molar-refractivity contribution in [1.82, 2.24) is 4.90 Å². The number of anilines is 1. The summed E-state index contributed by atoms with van der Waals surface area (Å²) >= 11 is 0. The lowest BCUT2D eigenvalue weighted by atomic mass is 10.1.